The van der Waals surface area contributed by atoms with Gasteiger partial charge >= 0.3 is 0 Å². The highest BCUT2D eigenvalue weighted by molar-refractivity contribution is 5.57. The molecule has 0 aliphatic carbocycles. The van der Waals surface area contributed by atoms with Crippen LogP contribution in [-0.2, 0) is 4.79 Å². The van der Waals surface area contributed by atoms with Gasteiger partial charge in [-0.3, -0.25) is 0 Å². The van der Waals surface area contributed by atoms with Gasteiger partial charge in [0.15, 0.2) is 0 Å². The molecule has 0 unspecified atom stereocenters. The summed E-state index contributed by atoms with van der Waals surface area (Å²) in [5, 5.41) is 3.05. The second kappa shape index (κ2) is 4.45. The largest absolute Gasteiger partial charge is 0.320 e. The molecule has 0 saturated carbocycles. The number of carbonyl (C=O) groups is 1. The molecular formula is C8H17NO. The fraction of sp³-hybridized carbons (Fsp3) is 0.875. The predicted octanol–water partition coefficient (Wildman–Crippen LogP) is 1.21. The molecule has 10 heavy (non-hydrogen) atoms. The van der Waals surface area contributed by atoms with E-state index < -0.39 is 0 Å². The summed E-state index contributed by atoms with van der Waals surface area (Å²) in [6.45, 7) is 4.93. The molecule has 0 aliphatic rings. The molecule has 60 valence electrons. The van der Waals surface area contributed by atoms with Gasteiger partial charge in [0.25, 0.3) is 0 Å². The van der Waals surface area contributed by atoms with Crippen molar-refractivity contribution < 1.29 is 4.79 Å². The number of hydrogen-bond acceptors (Lipinski definition) is 2. The Morgan fingerprint density at radius 1 is 1.50 bits per heavy atom. The average Bonchev–Trinajstić information content (AvgIpc) is 1.89. The van der Waals surface area contributed by atoms with Gasteiger partial charge in [-0.25, -0.2) is 0 Å². The van der Waals surface area contributed by atoms with Crippen LogP contribution in [0.5, 0.6) is 0 Å². The molecule has 0 radical (unpaired) electrons. The molecule has 0 amide bonds. The molecule has 0 aromatic rings. The Morgan fingerprint density at radius 3 is 2.50 bits per heavy atom. The summed E-state index contributed by atoms with van der Waals surface area (Å²) in [5.74, 6) is 0. The van der Waals surface area contributed by atoms with Crippen molar-refractivity contribution in [2.24, 2.45) is 5.41 Å². The zero-order valence-corrected chi connectivity index (χ0v) is 7.11. The van der Waals surface area contributed by atoms with Gasteiger partial charge in [0.05, 0.1) is 0 Å². The van der Waals surface area contributed by atoms with Gasteiger partial charge in [0.1, 0.15) is 6.29 Å². The van der Waals surface area contributed by atoms with Crippen molar-refractivity contribution in [3.05, 3.63) is 0 Å². The van der Waals surface area contributed by atoms with Gasteiger partial charge in [0.2, 0.25) is 0 Å². The van der Waals surface area contributed by atoms with E-state index in [0.717, 1.165) is 25.7 Å². The molecule has 0 aromatic heterocycles. The first-order chi connectivity index (χ1) is 4.62. The van der Waals surface area contributed by atoms with Crippen LogP contribution in [0.1, 0.15) is 26.7 Å². The average molecular weight is 143 g/mol. The molecule has 0 heterocycles. The number of nitrogens with one attached hydrogen (secondary N) is 1. The van der Waals surface area contributed by atoms with E-state index in [2.05, 4.69) is 5.32 Å². The Morgan fingerprint density at radius 2 is 2.10 bits per heavy atom. The molecule has 0 aromatic carbocycles. The van der Waals surface area contributed by atoms with Crippen LogP contribution in [0.25, 0.3) is 0 Å². The maximum Gasteiger partial charge on any atom is 0.125 e. The number of hydrogen-bond donors (Lipinski definition) is 1. The van der Waals surface area contributed by atoms with Crippen LogP contribution in [0.15, 0.2) is 0 Å². The van der Waals surface area contributed by atoms with Crippen LogP contribution in [0.3, 0.4) is 0 Å². The minimum absolute atomic E-state index is 0.128. The van der Waals surface area contributed by atoms with E-state index in [9.17, 15) is 4.79 Å². The maximum absolute atomic E-state index is 10.4. The van der Waals surface area contributed by atoms with E-state index in [0.29, 0.717) is 0 Å². The van der Waals surface area contributed by atoms with Crippen molar-refractivity contribution >= 4 is 6.29 Å². The van der Waals surface area contributed by atoms with Gasteiger partial charge in [-0.05, 0) is 26.4 Å². The number of aldehydes is 1. The first-order valence-corrected chi connectivity index (χ1v) is 3.73. The fourth-order valence-electron chi connectivity index (χ4n) is 0.780. The normalized spacial score (nSPS) is 11.5. The van der Waals surface area contributed by atoms with E-state index >= 15 is 0 Å². The molecule has 0 bridgehead atoms. The van der Waals surface area contributed by atoms with Crippen molar-refractivity contribution in [1.82, 2.24) is 5.32 Å². The van der Waals surface area contributed by atoms with E-state index in [1.165, 1.54) is 0 Å². The maximum atomic E-state index is 10.4. The first-order valence-electron chi connectivity index (χ1n) is 3.73. The summed E-state index contributed by atoms with van der Waals surface area (Å²) in [4.78, 5) is 10.4. The molecule has 0 spiro atoms. The molecular weight excluding hydrogens is 126 g/mol. The monoisotopic (exact) mass is 143 g/mol. The molecule has 2 heteroatoms. The summed E-state index contributed by atoms with van der Waals surface area (Å²) in [6.07, 6.45) is 3.07. The van der Waals surface area contributed by atoms with E-state index in [1.54, 1.807) is 0 Å². The smallest absolute Gasteiger partial charge is 0.125 e. The van der Waals surface area contributed by atoms with Gasteiger partial charge < -0.3 is 10.1 Å². The summed E-state index contributed by atoms with van der Waals surface area (Å²) < 4.78 is 0. The van der Waals surface area contributed by atoms with E-state index in [4.69, 9.17) is 0 Å². The van der Waals surface area contributed by atoms with Gasteiger partial charge in [-0.1, -0.05) is 13.8 Å². The zero-order valence-electron chi connectivity index (χ0n) is 7.11. The zero-order chi connectivity index (χ0) is 8.04. The highest BCUT2D eigenvalue weighted by atomic mass is 16.1. The van der Waals surface area contributed by atoms with Crippen LogP contribution in [0, 0.1) is 5.41 Å². The molecule has 2 nitrogen and oxygen atoms in total. The topological polar surface area (TPSA) is 29.1 Å². The van der Waals surface area contributed by atoms with Crippen molar-refractivity contribution in [2.75, 3.05) is 13.6 Å². The van der Waals surface area contributed by atoms with E-state index in [-0.39, 0.29) is 5.41 Å². The summed E-state index contributed by atoms with van der Waals surface area (Å²) >= 11 is 0. The van der Waals surface area contributed by atoms with Gasteiger partial charge in [-0.15, -0.1) is 0 Å². The minimum atomic E-state index is -0.128. The number of carbonyl (C=O) groups excluding carboxylic acids is 1. The molecule has 0 saturated heterocycles. The number of rotatable bonds is 5. The third-order valence-electron chi connectivity index (χ3n) is 1.57. The first kappa shape index (κ1) is 9.63. The SMILES string of the molecule is CNCCCC(C)(C)C=O. The lowest BCUT2D eigenvalue weighted by molar-refractivity contribution is -0.115. The van der Waals surface area contributed by atoms with E-state index in [1.807, 2.05) is 20.9 Å². The summed E-state index contributed by atoms with van der Waals surface area (Å²) in [6, 6.07) is 0. The Labute approximate surface area is 63.0 Å². The molecule has 0 aliphatic heterocycles. The Bertz CT molecular complexity index is 99.4. The standard InChI is InChI=1S/C8H17NO/c1-8(2,7-10)5-4-6-9-3/h7,9H,4-6H2,1-3H3. The Kier molecular flexibility index (Phi) is 4.28. The van der Waals surface area contributed by atoms with Crippen LogP contribution in [-0.4, -0.2) is 19.9 Å². The molecule has 0 fully saturated rings. The molecule has 0 atom stereocenters. The fourth-order valence-corrected chi connectivity index (χ4v) is 0.780. The van der Waals surface area contributed by atoms with Crippen molar-refractivity contribution in [3.63, 3.8) is 0 Å². The lowest BCUT2D eigenvalue weighted by atomic mass is 9.90. The predicted molar refractivity (Wildman–Crippen MR) is 43.0 cm³/mol. The lowest BCUT2D eigenvalue weighted by Gasteiger charge is -2.15. The third-order valence-corrected chi connectivity index (χ3v) is 1.57. The molecule has 0 rings (SSSR count). The minimum Gasteiger partial charge on any atom is -0.320 e. The van der Waals surface area contributed by atoms with Crippen LogP contribution >= 0.6 is 0 Å². The second-order valence-electron chi connectivity index (χ2n) is 3.31. The van der Waals surface area contributed by atoms with Crippen LogP contribution < -0.4 is 5.32 Å². The Hall–Kier alpha value is -0.370. The van der Waals surface area contributed by atoms with Crippen molar-refractivity contribution in [1.29, 1.82) is 0 Å². The summed E-state index contributed by atoms with van der Waals surface area (Å²) in [5.41, 5.74) is -0.128. The summed E-state index contributed by atoms with van der Waals surface area (Å²) in [7, 11) is 1.92. The van der Waals surface area contributed by atoms with Crippen LogP contribution in [0.2, 0.25) is 0 Å². The molecule has 1 N–H and O–H groups in total. The van der Waals surface area contributed by atoms with Crippen molar-refractivity contribution in [3.8, 4) is 0 Å². The highest BCUT2D eigenvalue weighted by Gasteiger charge is 2.14. The Balaban J connectivity index is 3.37. The quantitative estimate of drug-likeness (QED) is 0.463. The lowest BCUT2D eigenvalue weighted by Crippen LogP contribution is -2.16. The highest BCUT2D eigenvalue weighted by Crippen LogP contribution is 2.17. The second-order valence-corrected chi connectivity index (χ2v) is 3.31. The van der Waals surface area contributed by atoms with Gasteiger partial charge in [-0.2, -0.15) is 0 Å². The van der Waals surface area contributed by atoms with Crippen molar-refractivity contribution in [2.45, 2.75) is 26.7 Å². The van der Waals surface area contributed by atoms with Gasteiger partial charge in [0, 0.05) is 5.41 Å². The third kappa shape index (κ3) is 4.50. The van der Waals surface area contributed by atoms with Crippen LogP contribution in [0.4, 0.5) is 0 Å².